The number of hydrogen-bond donors (Lipinski definition) is 1. The van der Waals surface area contributed by atoms with E-state index in [9.17, 15) is 4.79 Å². The van der Waals surface area contributed by atoms with Crippen LogP contribution in [-0.2, 0) is 4.74 Å². The fourth-order valence-electron chi connectivity index (χ4n) is 1.58. The molecule has 1 unspecified atom stereocenters. The van der Waals surface area contributed by atoms with Crippen LogP contribution in [0.15, 0.2) is 30.9 Å². The lowest BCUT2D eigenvalue weighted by molar-refractivity contribution is 0.0586. The van der Waals surface area contributed by atoms with Crippen LogP contribution in [0.3, 0.4) is 0 Å². The Labute approximate surface area is 104 Å². The van der Waals surface area contributed by atoms with Gasteiger partial charge in [0.1, 0.15) is 6.33 Å². The van der Waals surface area contributed by atoms with E-state index in [4.69, 9.17) is 5.73 Å². The minimum absolute atomic E-state index is 0.0137. The highest BCUT2D eigenvalue weighted by atomic mass is 16.5. The second-order valence-electron chi connectivity index (χ2n) is 3.58. The molecule has 2 heterocycles. The Hall–Kier alpha value is -2.28. The first-order chi connectivity index (χ1) is 8.76. The number of carbonyl (C=O) groups excluding carboxylic acids is 1. The molecule has 0 spiro atoms. The van der Waals surface area contributed by atoms with Gasteiger partial charge in [-0.25, -0.2) is 14.5 Å². The molecular formula is C11H13N5O2. The lowest BCUT2D eigenvalue weighted by atomic mass is 10.1. The molecule has 94 valence electrons. The van der Waals surface area contributed by atoms with Gasteiger partial charge in [-0.3, -0.25) is 4.98 Å². The van der Waals surface area contributed by atoms with Gasteiger partial charge < -0.3 is 10.5 Å². The highest BCUT2D eigenvalue weighted by molar-refractivity contribution is 5.84. The molecule has 0 aliphatic heterocycles. The van der Waals surface area contributed by atoms with Crippen molar-refractivity contribution in [2.75, 3.05) is 13.7 Å². The van der Waals surface area contributed by atoms with Crippen molar-refractivity contribution in [2.24, 2.45) is 5.73 Å². The fraction of sp³-hybridized carbons (Fsp3) is 0.273. The molecule has 0 fully saturated rings. The van der Waals surface area contributed by atoms with Crippen molar-refractivity contribution in [3.63, 3.8) is 0 Å². The summed E-state index contributed by atoms with van der Waals surface area (Å²) in [5.41, 5.74) is 6.63. The zero-order valence-electron chi connectivity index (χ0n) is 9.85. The van der Waals surface area contributed by atoms with Gasteiger partial charge in [-0.2, -0.15) is 0 Å². The van der Waals surface area contributed by atoms with E-state index in [1.165, 1.54) is 18.1 Å². The molecule has 0 aromatic carbocycles. The molecule has 0 saturated carbocycles. The molecule has 0 aliphatic carbocycles. The van der Waals surface area contributed by atoms with Crippen molar-refractivity contribution < 1.29 is 9.53 Å². The van der Waals surface area contributed by atoms with Gasteiger partial charge in [0.25, 0.3) is 5.82 Å². The summed E-state index contributed by atoms with van der Waals surface area (Å²) in [7, 11) is 1.28. The number of rotatable bonds is 4. The molecule has 2 N–H and O–H groups in total. The average molecular weight is 247 g/mol. The maximum atomic E-state index is 11.3. The highest BCUT2D eigenvalue weighted by Crippen LogP contribution is 2.14. The molecule has 0 saturated heterocycles. The number of carbonyl (C=O) groups is 1. The third-order valence-electron chi connectivity index (χ3n) is 2.49. The summed E-state index contributed by atoms with van der Waals surface area (Å²) in [6, 6.07) is 3.50. The van der Waals surface area contributed by atoms with Crippen LogP contribution in [0.4, 0.5) is 0 Å². The highest BCUT2D eigenvalue weighted by Gasteiger charge is 2.17. The van der Waals surface area contributed by atoms with Crippen LogP contribution < -0.4 is 5.73 Å². The van der Waals surface area contributed by atoms with Crippen molar-refractivity contribution in [2.45, 2.75) is 6.04 Å². The van der Waals surface area contributed by atoms with E-state index in [-0.39, 0.29) is 11.9 Å². The summed E-state index contributed by atoms with van der Waals surface area (Å²) in [5.74, 6) is -0.560. The van der Waals surface area contributed by atoms with Gasteiger partial charge in [0.05, 0.1) is 13.2 Å². The Kier molecular flexibility index (Phi) is 3.63. The molecule has 0 bridgehead atoms. The zero-order valence-corrected chi connectivity index (χ0v) is 9.85. The summed E-state index contributed by atoms with van der Waals surface area (Å²) in [6.45, 7) is 0.329. The largest absolute Gasteiger partial charge is 0.463 e. The Bertz CT molecular complexity index is 525. The van der Waals surface area contributed by atoms with Crippen LogP contribution in [0.5, 0.6) is 0 Å². The second-order valence-corrected chi connectivity index (χ2v) is 3.58. The SMILES string of the molecule is COC(=O)c1ncn(C(CN)c2cccnc2)n1. The number of methoxy groups -OCH3 is 1. The zero-order chi connectivity index (χ0) is 13.0. The normalized spacial score (nSPS) is 12.1. The van der Waals surface area contributed by atoms with E-state index in [1.54, 1.807) is 12.4 Å². The van der Waals surface area contributed by atoms with Crippen LogP contribution in [-0.4, -0.2) is 39.4 Å². The van der Waals surface area contributed by atoms with E-state index in [1.807, 2.05) is 12.1 Å². The Balaban J connectivity index is 2.29. The van der Waals surface area contributed by atoms with E-state index in [2.05, 4.69) is 19.8 Å². The van der Waals surface area contributed by atoms with Gasteiger partial charge in [0.2, 0.25) is 0 Å². The number of aromatic nitrogens is 4. The third-order valence-corrected chi connectivity index (χ3v) is 2.49. The Morgan fingerprint density at radius 1 is 1.61 bits per heavy atom. The van der Waals surface area contributed by atoms with Crippen LogP contribution in [0.25, 0.3) is 0 Å². The lowest BCUT2D eigenvalue weighted by Gasteiger charge is -2.14. The molecule has 0 amide bonds. The summed E-state index contributed by atoms with van der Waals surface area (Å²) in [5, 5.41) is 4.05. The molecule has 0 radical (unpaired) electrons. The molecule has 2 aromatic heterocycles. The van der Waals surface area contributed by atoms with Gasteiger partial charge in [-0.1, -0.05) is 6.07 Å². The Morgan fingerprint density at radius 3 is 3.06 bits per heavy atom. The molecule has 2 rings (SSSR count). The van der Waals surface area contributed by atoms with Gasteiger partial charge >= 0.3 is 5.97 Å². The number of esters is 1. The van der Waals surface area contributed by atoms with Crippen molar-refractivity contribution in [1.29, 1.82) is 0 Å². The van der Waals surface area contributed by atoms with E-state index >= 15 is 0 Å². The van der Waals surface area contributed by atoms with Gasteiger partial charge in [-0.15, -0.1) is 5.10 Å². The predicted molar refractivity (Wildman–Crippen MR) is 62.8 cm³/mol. The maximum Gasteiger partial charge on any atom is 0.377 e. The van der Waals surface area contributed by atoms with Crippen molar-refractivity contribution in [3.05, 3.63) is 42.2 Å². The fourth-order valence-corrected chi connectivity index (χ4v) is 1.58. The van der Waals surface area contributed by atoms with E-state index in [0.29, 0.717) is 6.54 Å². The van der Waals surface area contributed by atoms with Crippen LogP contribution in [0.1, 0.15) is 22.2 Å². The molecule has 7 nitrogen and oxygen atoms in total. The monoisotopic (exact) mass is 247 g/mol. The quantitative estimate of drug-likeness (QED) is 0.764. The number of nitrogens with two attached hydrogens (primary N) is 1. The van der Waals surface area contributed by atoms with Crippen molar-refractivity contribution >= 4 is 5.97 Å². The molecule has 7 heteroatoms. The minimum Gasteiger partial charge on any atom is -0.463 e. The van der Waals surface area contributed by atoms with E-state index < -0.39 is 5.97 Å². The van der Waals surface area contributed by atoms with Gasteiger partial charge in [-0.05, 0) is 11.6 Å². The van der Waals surface area contributed by atoms with Crippen molar-refractivity contribution in [1.82, 2.24) is 19.7 Å². The summed E-state index contributed by atoms with van der Waals surface area (Å²) in [6.07, 6.45) is 4.84. The Morgan fingerprint density at radius 2 is 2.44 bits per heavy atom. The first-order valence-corrected chi connectivity index (χ1v) is 5.35. The second kappa shape index (κ2) is 5.37. The maximum absolute atomic E-state index is 11.3. The molecule has 0 aliphatic rings. The topological polar surface area (TPSA) is 95.9 Å². The summed E-state index contributed by atoms with van der Waals surface area (Å²) in [4.78, 5) is 19.2. The minimum atomic E-state index is -0.573. The van der Waals surface area contributed by atoms with Crippen molar-refractivity contribution in [3.8, 4) is 0 Å². The van der Waals surface area contributed by atoms with Gasteiger partial charge in [0, 0.05) is 18.9 Å². The lowest BCUT2D eigenvalue weighted by Crippen LogP contribution is -2.21. The molecule has 1 atom stereocenters. The summed E-state index contributed by atoms with van der Waals surface area (Å²) >= 11 is 0. The third kappa shape index (κ3) is 2.35. The first-order valence-electron chi connectivity index (χ1n) is 5.35. The number of pyridine rings is 1. The number of ether oxygens (including phenoxy) is 1. The molecule has 2 aromatic rings. The average Bonchev–Trinajstić information content (AvgIpc) is 2.89. The number of hydrogen-bond acceptors (Lipinski definition) is 6. The van der Waals surface area contributed by atoms with Crippen LogP contribution >= 0.6 is 0 Å². The van der Waals surface area contributed by atoms with E-state index in [0.717, 1.165) is 5.56 Å². The first kappa shape index (κ1) is 12.2. The summed E-state index contributed by atoms with van der Waals surface area (Å²) < 4.78 is 6.08. The molecule has 18 heavy (non-hydrogen) atoms. The molecular weight excluding hydrogens is 234 g/mol. The van der Waals surface area contributed by atoms with Gasteiger partial charge in [0.15, 0.2) is 0 Å². The van der Waals surface area contributed by atoms with Crippen LogP contribution in [0.2, 0.25) is 0 Å². The predicted octanol–water partition coefficient (Wildman–Crippen LogP) is 0.00780. The standard InChI is InChI=1S/C11H13N5O2/c1-18-11(17)10-14-7-16(15-10)9(5-12)8-3-2-4-13-6-8/h2-4,6-7,9H,5,12H2,1H3. The van der Waals surface area contributed by atoms with Crippen LogP contribution in [0, 0.1) is 0 Å². The smallest absolute Gasteiger partial charge is 0.377 e. The number of nitrogens with zero attached hydrogens (tertiary/aromatic N) is 4.